The van der Waals surface area contributed by atoms with E-state index in [1.165, 1.54) is 12.8 Å². The molecule has 0 aliphatic heterocycles. The van der Waals surface area contributed by atoms with Crippen LogP contribution in [0.1, 0.15) is 52.4 Å². The quantitative estimate of drug-likeness (QED) is 0.740. The zero-order chi connectivity index (χ0) is 12.0. The van der Waals surface area contributed by atoms with Crippen LogP contribution < -0.4 is 5.32 Å². The molecular weight excluding hydrogens is 222 g/mol. The van der Waals surface area contributed by atoms with E-state index in [9.17, 15) is 4.79 Å². The Kier molecular flexibility index (Phi) is 6.18. The number of alkyl halides is 1. The SMILES string of the molecule is CCCC(C)C(=O)NCC1CCCC(Cl)C1. The van der Waals surface area contributed by atoms with Crippen molar-refractivity contribution in [3.8, 4) is 0 Å². The van der Waals surface area contributed by atoms with Gasteiger partial charge in [-0.3, -0.25) is 4.79 Å². The standard InChI is InChI=1S/C13H24ClNO/c1-3-5-10(2)13(16)15-9-11-6-4-7-12(14)8-11/h10-12H,3-9H2,1-2H3,(H,15,16). The van der Waals surface area contributed by atoms with E-state index in [-0.39, 0.29) is 11.8 Å². The first-order valence-electron chi connectivity index (χ1n) is 6.55. The molecule has 0 spiro atoms. The van der Waals surface area contributed by atoms with Gasteiger partial charge in [0.1, 0.15) is 0 Å². The lowest BCUT2D eigenvalue weighted by molar-refractivity contribution is -0.124. The van der Waals surface area contributed by atoms with Gasteiger partial charge in [-0.1, -0.05) is 26.7 Å². The van der Waals surface area contributed by atoms with E-state index in [0.717, 1.165) is 32.2 Å². The summed E-state index contributed by atoms with van der Waals surface area (Å²) in [5.41, 5.74) is 0. The summed E-state index contributed by atoms with van der Waals surface area (Å²) < 4.78 is 0. The molecule has 0 heterocycles. The molecule has 2 nitrogen and oxygen atoms in total. The van der Waals surface area contributed by atoms with E-state index in [2.05, 4.69) is 12.2 Å². The molecule has 0 aromatic carbocycles. The monoisotopic (exact) mass is 245 g/mol. The predicted octanol–water partition coefficient (Wildman–Crippen LogP) is 3.34. The maximum atomic E-state index is 11.7. The van der Waals surface area contributed by atoms with E-state index in [1.807, 2.05) is 6.92 Å². The minimum atomic E-state index is 0.153. The van der Waals surface area contributed by atoms with Crippen LogP contribution in [-0.4, -0.2) is 17.8 Å². The van der Waals surface area contributed by atoms with Gasteiger partial charge in [0.25, 0.3) is 0 Å². The number of amides is 1. The molecule has 1 aliphatic rings. The van der Waals surface area contributed by atoms with E-state index in [4.69, 9.17) is 11.6 Å². The number of rotatable bonds is 5. The Morgan fingerprint density at radius 1 is 1.50 bits per heavy atom. The zero-order valence-electron chi connectivity index (χ0n) is 10.5. The number of halogens is 1. The minimum Gasteiger partial charge on any atom is -0.356 e. The topological polar surface area (TPSA) is 29.1 Å². The Bertz CT molecular complexity index is 220. The fraction of sp³-hybridized carbons (Fsp3) is 0.923. The van der Waals surface area contributed by atoms with Crippen molar-refractivity contribution < 1.29 is 4.79 Å². The van der Waals surface area contributed by atoms with Gasteiger partial charge in [-0.25, -0.2) is 0 Å². The van der Waals surface area contributed by atoms with Crippen molar-refractivity contribution >= 4 is 17.5 Å². The first kappa shape index (κ1) is 13.8. The molecule has 1 aliphatic carbocycles. The molecule has 3 atom stereocenters. The summed E-state index contributed by atoms with van der Waals surface area (Å²) >= 11 is 6.13. The van der Waals surface area contributed by atoms with Gasteiger partial charge >= 0.3 is 0 Å². The van der Waals surface area contributed by atoms with E-state index >= 15 is 0 Å². The van der Waals surface area contributed by atoms with Crippen molar-refractivity contribution in [2.75, 3.05) is 6.54 Å². The average Bonchev–Trinajstić information content (AvgIpc) is 2.26. The highest BCUT2D eigenvalue weighted by molar-refractivity contribution is 6.20. The third-order valence-electron chi connectivity index (χ3n) is 3.45. The van der Waals surface area contributed by atoms with Crippen molar-refractivity contribution in [1.29, 1.82) is 0 Å². The second-order valence-corrected chi connectivity index (χ2v) is 5.68. The molecule has 0 aromatic heterocycles. The summed E-state index contributed by atoms with van der Waals surface area (Å²) in [6, 6.07) is 0. The highest BCUT2D eigenvalue weighted by Gasteiger charge is 2.21. The molecule has 0 bridgehead atoms. The smallest absolute Gasteiger partial charge is 0.222 e. The normalized spacial score (nSPS) is 27.4. The van der Waals surface area contributed by atoms with Crippen LogP contribution in [0.2, 0.25) is 0 Å². The summed E-state index contributed by atoms with van der Waals surface area (Å²) in [4.78, 5) is 11.7. The summed E-state index contributed by atoms with van der Waals surface area (Å²) in [6.07, 6.45) is 6.67. The van der Waals surface area contributed by atoms with Crippen LogP contribution in [0, 0.1) is 11.8 Å². The van der Waals surface area contributed by atoms with Gasteiger partial charge in [-0.05, 0) is 31.6 Å². The Labute approximate surface area is 104 Å². The molecule has 1 fully saturated rings. The lowest BCUT2D eigenvalue weighted by Crippen LogP contribution is -2.35. The first-order chi connectivity index (χ1) is 7.63. The van der Waals surface area contributed by atoms with Crippen molar-refractivity contribution in [2.24, 2.45) is 11.8 Å². The molecule has 0 aromatic rings. The summed E-state index contributed by atoms with van der Waals surface area (Å²) in [6.45, 7) is 4.93. The molecule has 0 radical (unpaired) electrons. The number of nitrogens with one attached hydrogen (secondary N) is 1. The lowest BCUT2D eigenvalue weighted by Gasteiger charge is -2.26. The number of carbonyl (C=O) groups is 1. The summed E-state index contributed by atoms with van der Waals surface area (Å²) in [5, 5.41) is 3.38. The third-order valence-corrected chi connectivity index (χ3v) is 3.85. The van der Waals surface area contributed by atoms with E-state index in [0.29, 0.717) is 11.3 Å². The molecule has 1 N–H and O–H groups in total. The number of hydrogen-bond acceptors (Lipinski definition) is 1. The van der Waals surface area contributed by atoms with Crippen molar-refractivity contribution in [1.82, 2.24) is 5.32 Å². The predicted molar refractivity (Wildman–Crippen MR) is 68.7 cm³/mol. The minimum absolute atomic E-state index is 0.153. The zero-order valence-corrected chi connectivity index (χ0v) is 11.2. The average molecular weight is 246 g/mol. The van der Waals surface area contributed by atoms with Gasteiger partial charge in [0.2, 0.25) is 5.91 Å². The number of hydrogen-bond donors (Lipinski definition) is 1. The molecule has 3 unspecified atom stereocenters. The Morgan fingerprint density at radius 2 is 2.25 bits per heavy atom. The van der Waals surface area contributed by atoms with Crippen LogP contribution in [0.4, 0.5) is 0 Å². The fourth-order valence-electron chi connectivity index (χ4n) is 2.39. The van der Waals surface area contributed by atoms with Crippen LogP contribution in [0.5, 0.6) is 0 Å². The Morgan fingerprint density at radius 3 is 2.88 bits per heavy atom. The lowest BCUT2D eigenvalue weighted by atomic mass is 9.89. The van der Waals surface area contributed by atoms with Gasteiger partial charge in [0, 0.05) is 17.8 Å². The van der Waals surface area contributed by atoms with Gasteiger partial charge < -0.3 is 5.32 Å². The van der Waals surface area contributed by atoms with Gasteiger partial charge in [0.15, 0.2) is 0 Å². The van der Waals surface area contributed by atoms with Gasteiger partial charge in [-0.15, -0.1) is 11.6 Å². The molecule has 94 valence electrons. The van der Waals surface area contributed by atoms with Crippen LogP contribution in [0.15, 0.2) is 0 Å². The van der Waals surface area contributed by atoms with Gasteiger partial charge in [-0.2, -0.15) is 0 Å². The van der Waals surface area contributed by atoms with Crippen LogP contribution >= 0.6 is 11.6 Å². The van der Waals surface area contributed by atoms with E-state index < -0.39 is 0 Å². The third kappa shape index (κ3) is 4.73. The van der Waals surface area contributed by atoms with Crippen molar-refractivity contribution in [3.05, 3.63) is 0 Å². The van der Waals surface area contributed by atoms with Crippen molar-refractivity contribution in [2.45, 2.75) is 57.7 Å². The second kappa shape index (κ2) is 7.16. The van der Waals surface area contributed by atoms with Gasteiger partial charge in [0.05, 0.1) is 0 Å². The largest absolute Gasteiger partial charge is 0.356 e. The fourth-order valence-corrected chi connectivity index (χ4v) is 2.80. The maximum Gasteiger partial charge on any atom is 0.222 e. The maximum absolute atomic E-state index is 11.7. The molecule has 1 amide bonds. The summed E-state index contributed by atoms with van der Waals surface area (Å²) in [5.74, 6) is 0.952. The molecular formula is C13H24ClNO. The highest BCUT2D eigenvalue weighted by atomic mass is 35.5. The van der Waals surface area contributed by atoms with Crippen LogP contribution in [0.3, 0.4) is 0 Å². The molecule has 1 saturated carbocycles. The molecule has 3 heteroatoms. The van der Waals surface area contributed by atoms with Crippen LogP contribution in [-0.2, 0) is 4.79 Å². The van der Waals surface area contributed by atoms with Crippen LogP contribution in [0.25, 0.3) is 0 Å². The Hall–Kier alpha value is -0.240. The summed E-state index contributed by atoms with van der Waals surface area (Å²) in [7, 11) is 0. The molecule has 16 heavy (non-hydrogen) atoms. The highest BCUT2D eigenvalue weighted by Crippen LogP contribution is 2.27. The number of carbonyl (C=O) groups excluding carboxylic acids is 1. The van der Waals surface area contributed by atoms with Crippen molar-refractivity contribution in [3.63, 3.8) is 0 Å². The Balaban J connectivity index is 2.20. The first-order valence-corrected chi connectivity index (χ1v) is 6.98. The van der Waals surface area contributed by atoms with E-state index in [1.54, 1.807) is 0 Å². The second-order valence-electron chi connectivity index (χ2n) is 5.06. The molecule has 0 saturated heterocycles. The molecule has 1 rings (SSSR count).